The fourth-order valence-electron chi connectivity index (χ4n) is 3.60. The van der Waals surface area contributed by atoms with Gasteiger partial charge >= 0.3 is 11.9 Å². The highest BCUT2D eigenvalue weighted by molar-refractivity contribution is 5.67. The van der Waals surface area contributed by atoms with Crippen molar-refractivity contribution in [2.24, 2.45) is 5.92 Å². The number of piperidine rings is 1. The molecule has 2 rings (SSSR count). The lowest BCUT2D eigenvalue weighted by atomic mass is 9.89. The molecule has 0 amide bonds. The summed E-state index contributed by atoms with van der Waals surface area (Å²) in [6, 6.07) is 0.266. The molecule has 0 spiro atoms. The normalized spacial score (nSPS) is 35.8. The quantitative estimate of drug-likeness (QED) is 0.726. The van der Waals surface area contributed by atoms with Crippen LogP contribution in [-0.2, 0) is 28.5 Å². The molecule has 0 aliphatic carbocycles. The summed E-state index contributed by atoms with van der Waals surface area (Å²) >= 11 is 0. The second kappa shape index (κ2) is 9.50. The Morgan fingerprint density at radius 3 is 2.36 bits per heavy atom. The SMILES string of the molecule is CC[C@H]1O[C@@H](OCC2CCCCN2)[C@H](OC(C)=O)[C@@H](OC(C)=O)[C@H]1C. The Bertz CT molecular complexity index is 451. The van der Waals surface area contributed by atoms with Gasteiger partial charge in [0.25, 0.3) is 0 Å². The summed E-state index contributed by atoms with van der Waals surface area (Å²) in [5, 5.41) is 3.42. The Morgan fingerprint density at radius 2 is 1.80 bits per heavy atom. The van der Waals surface area contributed by atoms with Crippen molar-refractivity contribution in [3.05, 3.63) is 0 Å². The van der Waals surface area contributed by atoms with Crippen LogP contribution in [0.25, 0.3) is 0 Å². The van der Waals surface area contributed by atoms with E-state index in [9.17, 15) is 9.59 Å². The van der Waals surface area contributed by atoms with Crippen LogP contribution in [0.1, 0.15) is 53.4 Å². The van der Waals surface area contributed by atoms with E-state index < -0.39 is 30.4 Å². The van der Waals surface area contributed by atoms with Crippen molar-refractivity contribution in [1.82, 2.24) is 5.32 Å². The molecule has 0 radical (unpaired) electrons. The number of esters is 2. The first-order chi connectivity index (χ1) is 11.9. The first-order valence-corrected chi connectivity index (χ1v) is 9.27. The molecule has 2 fully saturated rings. The second-order valence-corrected chi connectivity index (χ2v) is 6.94. The van der Waals surface area contributed by atoms with Crippen LogP contribution in [0.2, 0.25) is 0 Å². The van der Waals surface area contributed by atoms with Gasteiger partial charge in [0.1, 0.15) is 6.10 Å². The Morgan fingerprint density at radius 1 is 1.12 bits per heavy atom. The van der Waals surface area contributed by atoms with Gasteiger partial charge in [-0.1, -0.05) is 20.3 Å². The van der Waals surface area contributed by atoms with Crippen LogP contribution in [0.3, 0.4) is 0 Å². The fourth-order valence-corrected chi connectivity index (χ4v) is 3.60. The van der Waals surface area contributed by atoms with Crippen LogP contribution < -0.4 is 5.32 Å². The molecular formula is C18H31NO6. The van der Waals surface area contributed by atoms with Crippen LogP contribution >= 0.6 is 0 Å². The van der Waals surface area contributed by atoms with Crippen molar-refractivity contribution in [2.75, 3.05) is 13.2 Å². The molecule has 2 aliphatic rings. The van der Waals surface area contributed by atoms with Gasteiger partial charge in [-0.05, 0) is 25.8 Å². The van der Waals surface area contributed by atoms with Gasteiger partial charge in [-0.3, -0.25) is 9.59 Å². The molecule has 0 bridgehead atoms. The summed E-state index contributed by atoms with van der Waals surface area (Å²) in [6.07, 6.45) is 1.95. The summed E-state index contributed by atoms with van der Waals surface area (Å²) in [4.78, 5) is 23.1. The van der Waals surface area contributed by atoms with Crippen LogP contribution in [0.4, 0.5) is 0 Å². The molecule has 0 aromatic rings. The molecule has 2 saturated heterocycles. The van der Waals surface area contributed by atoms with Crippen LogP contribution in [-0.4, -0.2) is 55.7 Å². The van der Waals surface area contributed by atoms with Gasteiger partial charge in [-0.2, -0.15) is 0 Å². The highest BCUT2D eigenvalue weighted by Gasteiger charge is 2.48. The molecule has 2 aliphatic heterocycles. The van der Waals surface area contributed by atoms with E-state index in [0.717, 1.165) is 19.4 Å². The van der Waals surface area contributed by atoms with Crippen molar-refractivity contribution in [3.8, 4) is 0 Å². The summed E-state index contributed by atoms with van der Waals surface area (Å²) in [5.41, 5.74) is 0. The molecule has 6 atom stereocenters. The molecule has 2 heterocycles. The van der Waals surface area contributed by atoms with E-state index in [4.69, 9.17) is 18.9 Å². The smallest absolute Gasteiger partial charge is 0.303 e. The lowest BCUT2D eigenvalue weighted by Gasteiger charge is -2.44. The van der Waals surface area contributed by atoms with Crippen molar-refractivity contribution in [2.45, 2.75) is 84.0 Å². The lowest BCUT2D eigenvalue weighted by molar-refractivity contribution is -0.291. The molecular weight excluding hydrogens is 326 g/mol. The van der Waals surface area contributed by atoms with Gasteiger partial charge in [0.15, 0.2) is 12.4 Å². The molecule has 144 valence electrons. The fraction of sp³-hybridized carbons (Fsp3) is 0.889. The second-order valence-electron chi connectivity index (χ2n) is 6.94. The van der Waals surface area contributed by atoms with Gasteiger partial charge in [0.2, 0.25) is 0 Å². The Labute approximate surface area is 149 Å². The van der Waals surface area contributed by atoms with Crippen molar-refractivity contribution < 1.29 is 28.5 Å². The third-order valence-corrected chi connectivity index (χ3v) is 4.89. The molecule has 0 saturated carbocycles. The van der Waals surface area contributed by atoms with E-state index in [1.807, 2.05) is 13.8 Å². The largest absolute Gasteiger partial charge is 0.458 e. The van der Waals surface area contributed by atoms with E-state index in [1.165, 1.54) is 26.7 Å². The monoisotopic (exact) mass is 357 g/mol. The molecule has 0 aromatic heterocycles. The van der Waals surface area contributed by atoms with Crippen LogP contribution in [0, 0.1) is 5.92 Å². The van der Waals surface area contributed by atoms with Crippen LogP contribution in [0.5, 0.6) is 0 Å². The molecule has 1 unspecified atom stereocenters. The van der Waals surface area contributed by atoms with Gasteiger partial charge in [0.05, 0.1) is 12.7 Å². The molecule has 0 aromatic carbocycles. The van der Waals surface area contributed by atoms with E-state index in [0.29, 0.717) is 6.61 Å². The van der Waals surface area contributed by atoms with E-state index in [2.05, 4.69) is 5.32 Å². The summed E-state index contributed by atoms with van der Waals surface area (Å²) in [5.74, 6) is -0.943. The van der Waals surface area contributed by atoms with Gasteiger partial charge in [0, 0.05) is 25.8 Å². The average Bonchev–Trinajstić information content (AvgIpc) is 2.57. The third-order valence-electron chi connectivity index (χ3n) is 4.89. The van der Waals surface area contributed by atoms with Gasteiger partial charge in [-0.25, -0.2) is 0 Å². The van der Waals surface area contributed by atoms with Gasteiger partial charge < -0.3 is 24.3 Å². The first kappa shape index (κ1) is 20.1. The number of nitrogens with one attached hydrogen (secondary N) is 1. The number of carbonyl (C=O) groups is 2. The molecule has 7 heteroatoms. The number of ether oxygens (including phenoxy) is 4. The lowest BCUT2D eigenvalue weighted by Crippen LogP contribution is -2.57. The Hall–Kier alpha value is -1.18. The zero-order valence-corrected chi connectivity index (χ0v) is 15.7. The minimum Gasteiger partial charge on any atom is -0.458 e. The molecule has 7 nitrogen and oxygen atoms in total. The number of rotatable bonds is 6. The van der Waals surface area contributed by atoms with Crippen molar-refractivity contribution in [1.29, 1.82) is 0 Å². The predicted molar refractivity (Wildman–Crippen MR) is 90.8 cm³/mol. The Kier molecular flexibility index (Phi) is 7.65. The average molecular weight is 357 g/mol. The summed E-state index contributed by atoms with van der Waals surface area (Å²) in [6.45, 7) is 8.10. The molecule has 1 N–H and O–H groups in total. The Balaban J connectivity index is 2.10. The first-order valence-electron chi connectivity index (χ1n) is 9.27. The zero-order chi connectivity index (χ0) is 18.4. The topological polar surface area (TPSA) is 83.1 Å². The molecule has 25 heavy (non-hydrogen) atoms. The maximum atomic E-state index is 11.6. The highest BCUT2D eigenvalue weighted by Crippen LogP contribution is 2.32. The summed E-state index contributed by atoms with van der Waals surface area (Å²) < 4.78 is 22.9. The summed E-state index contributed by atoms with van der Waals surface area (Å²) in [7, 11) is 0. The van der Waals surface area contributed by atoms with Crippen molar-refractivity contribution in [3.63, 3.8) is 0 Å². The minimum absolute atomic E-state index is 0.0918. The predicted octanol–water partition coefficient (Wildman–Crippen LogP) is 1.78. The third kappa shape index (κ3) is 5.66. The maximum Gasteiger partial charge on any atom is 0.303 e. The van der Waals surface area contributed by atoms with Crippen LogP contribution in [0.15, 0.2) is 0 Å². The zero-order valence-electron chi connectivity index (χ0n) is 15.7. The maximum absolute atomic E-state index is 11.6. The standard InChI is InChI=1S/C18H31NO6/c1-5-15-11(2)16(23-12(3)20)17(24-13(4)21)18(25-15)22-10-14-8-6-7-9-19-14/h11,14-19H,5-10H2,1-4H3/t11-,14?,15+,16-,17+,18+/m0/s1. The number of carbonyl (C=O) groups excluding carboxylic acids is 2. The van der Waals surface area contributed by atoms with E-state index >= 15 is 0 Å². The highest BCUT2D eigenvalue weighted by atomic mass is 16.7. The van der Waals surface area contributed by atoms with Crippen molar-refractivity contribution >= 4 is 11.9 Å². The number of hydrogen-bond acceptors (Lipinski definition) is 7. The minimum atomic E-state index is -0.761. The number of hydrogen-bond donors (Lipinski definition) is 1. The van der Waals surface area contributed by atoms with E-state index in [1.54, 1.807) is 0 Å². The van der Waals surface area contributed by atoms with Gasteiger partial charge in [-0.15, -0.1) is 0 Å². The van der Waals surface area contributed by atoms with E-state index in [-0.39, 0.29) is 18.1 Å².